The molecule has 1 aliphatic rings. The van der Waals surface area contributed by atoms with E-state index < -0.39 is 0 Å². The number of ether oxygens (including phenoxy) is 1. The number of furan rings is 1. The minimum absolute atomic E-state index is 0. The fourth-order valence-corrected chi connectivity index (χ4v) is 3.59. The Balaban J connectivity index is 0.00000392. The van der Waals surface area contributed by atoms with Crippen molar-refractivity contribution in [3.63, 3.8) is 0 Å². The number of methoxy groups -OCH3 is 1. The molecule has 1 saturated heterocycles. The summed E-state index contributed by atoms with van der Waals surface area (Å²) < 4.78 is 10.5. The molecule has 1 aromatic rings. The molecule has 0 atom stereocenters. The van der Waals surface area contributed by atoms with Crippen molar-refractivity contribution in [2.45, 2.75) is 39.0 Å². The van der Waals surface area contributed by atoms with Gasteiger partial charge in [0.25, 0.3) is 0 Å². The van der Waals surface area contributed by atoms with E-state index in [4.69, 9.17) is 14.1 Å². The van der Waals surface area contributed by atoms with Gasteiger partial charge in [-0.25, -0.2) is 0 Å². The van der Waals surface area contributed by atoms with Crippen LogP contribution >= 0.6 is 24.0 Å². The highest BCUT2D eigenvalue weighted by Gasteiger charge is 2.21. The van der Waals surface area contributed by atoms with E-state index in [-0.39, 0.29) is 24.0 Å². The highest BCUT2D eigenvalue weighted by atomic mass is 127. The molecular weight excluding hydrogens is 467 g/mol. The number of piperidine rings is 1. The fraction of sp³-hybridized carbons (Fsp3) is 0.762. The van der Waals surface area contributed by atoms with Crippen molar-refractivity contribution in [2.24, 2.45) is 10.9 Å². The number of aliphatic imine (C=N–C) groups is 1. The van der Waals surface area contributed by atoms with E-state index in [1.165, 1.54) is 32.2 Å². The molecule has 0 bridgehead atoms. The number of halogens is 1. The minimum Gasteiger partial charge on any atom is -0.469 e. The maximum atomic E-state index is 5.40. The van der Waals surface area contributed by atoms with Crippen molar-refractivity contribution >= 4 is 29.9 Å². The van der Waals surface area contributed by atoms with E-state index >= 15 is 0 Å². The Bertz CT molecular complexity index is 516. The monoisotopic (exact) mass is 506 g/mol. The number of likely N-dealkylation sites (tertiary alicyclic amines) is 1. The van der Waals surface area contributed by atoms with Crippen LogP contribution in [0, 0.1) is 5.92 Å². The second-order valence-electron chi connectivity index (χ2n) is 7.43. The molecule has 2 heterocycles. The van der Waals surface area contributed by atoms with Crippen molar-refractivity contribution in [2.75, 3.05) is 60.0 Å². The molecule has 1 aliphatic heterocycles. The van der Waals surface area contributed by atoms with E-state index in [2.05, 4.69) is 29.1 Å². The van der Waals surface area contributed by atoms with Crippen molar-refractivity contribution in [3.05, 3.63) is 24.2 Å². The van der Waals surface area contributed by atoms with Crippen LogP contribution in [0.5, 0.6) is 0 Å². The summed E-state index contributed by atoms with van der Waals surface area (Å²) in [5.74, 6) is 2.91. The number of nitrogens with one attached hydrogen (secondary N) is 1. The highest BCUT2D eigenvalue weighted by molar-refractivity contribution is 14.0. The molecule has 0 saturated carbocycles. The zero-order chi connectivity index (χ0) is 19.3. The predicted octanol–water partition coefficient (Wildman–Crippen LogP) is 3.48. The van der Waals surface area contributed by atoms with Gasteiger partial charge in [0.2, 0.25) is 0 Å². The Morgan fingerprint density at radius 1 is 1.36 bits per heavy atom. The Labute approximate surface area is 188 Å². The second-order valence-corrected chi connectivity index (χ2v) is 7.43. The number of hydrogen-bond donors (Lipinski definition) is 1. The van der Waals surface area contributed by atoms with Crippen molar-refractivity contribution in [1.82, 2.24) is 15.1 Å². The molecule has 0 aromatic carbocycles. The number of guanidine groups is 1. The van der Waals surface area contributed by atoms with Gasteiger partial charge >= 0.3 is 0 Å². The van der Waals surface area contributed by atoms with Crippen LogP contribution in [-0.2, 0) is 11.2 Å². The van der Waals surface area contributed by atoms with Gasteiger partial charge in [-0.2, -0.15) is 0 Å². The SMILES string of the molecule is CCNC(=NCCc1ccco1)N1CCC(CCCN(C)CCOC)CC1.I. The maximum absolute atomic E-state index is 5.40. The number of nitrogens with zero attached hydrogens (tertiary/aromatic N) is 3. The molecule has 7 heteroatoms. The third-order valence-electron chi connectivity index (χ3n) is 5.28. The molecule has 1 N–H and O–H groups in total. The van der Waals surface area contributed by atoms with Crippen LogP contribution in [0.3, 0.4) is 0 Å². The molecule has 0 aliphatic carbocycles. The molecule has 1 aromatic heterocycles. The van der Waals surface area contributed by atoms with Gasteiger partial charge in [-0.1, -0.05) is 0 Å². The lowest BCUT2D eigenvalue weighted by molar-refractivity contribution is 0.158. The maximum Gasteiger partial charge on any atom is 0.193 e. The van der Waals surface area contributed by atoms with Crippen LogP contribution in [0.2, 0.25) is 0 Å². The Morgan fingerprint density at radius 3 is 2.79 bits per heavy atom. The van der Waals surface area contributed by atoms with Crippen LogP contribution in [-0.4, -0.2) is 75.8 Å². The Hall–Kier alpha value is -0.800. The van der Waals surface area contributed by atoms with Gasteiger partial charge < -0.3 is 24.3 Å². The van der Waals surface area contributed by atoms with Crippen LogP contribution < -0.4 is 5.32 Å². The lowest BCUT2D eigenvalue weighted by Crippen LogP contribution is -2.45. The minimum atomic E-state index is 0. The van der Waals surface area contributed by atoms with Crippen molar-refractivity contribution < 1.29 is 9.15 Å². The van der Waals surface area contributed by atoms with Gasteiger partial charge in [0, 0.05) is 46.3 Å². The third kappa shape index (κ3) is 9.60. The van der Waals surface area contributed by atoms with Crippen LogP contribution in [0.1, 0.15) is 38.4 Å². The molecule has 6 nitrogen and oxygen atoms in total. The molecule has 0 spiro atoms. The molecule has 1 fully saturated rings. The molecule has 0 amide bonds. The van der Waals surface area contributed by atoms with Gasteiger partial charge in [-0.15, -0.1) is 24.0 Å². The fourth-order valence-electron chi connectivity index (χ4n) is 3.59. The first-order chi connectivity index (χ1) is 13.2. The summed E-state index contributed by atoms with van der Waals surface area (Å²) in [6, 6.07) is 3.95. The second kappa shape index (κ2) is 15.1. The lowest BCUT2D eigenvalue weighted by atomic mass is 9.92. The van der Waals surface area contributed by atoms with Crippen LogP contribution in [0.25, 0.3) is 0 Å². The number of hydrogen-bond acceptors (Lipinski definition) is 4. The smallest absolute Gasteiger partial charge is 0.193 e. The van der Waals surface area contributed by atoms with Crippen molar-refractivity contribution in [1.29, 1.82) is 0 Å². The number of likely N-dealkylation sites (N-methyl/N-ethyl adjacent to an activating group) is 1. The highest BCUT2D eigenvalue weighted by Crippen LogP contribution is 2.22. The van der Waals surface area contributed by atoms with E-state index in [0.717, 1.165) is 63.4 Å². The summed E-state index contributed by atoms with van der Waals surface area (Å²) in [6.07, 6.45) is 7.73. The topological polar surface area (TPSA) is 53.2 Å². The van der Waals surface area contributed by atoms with Crippen LogP contribution in [0.15, 0.2) is 27.8 Å². The largest absolute Gasteiger partial charge is 0.469 e. The Kier molecular flexibility index (Phi) is 13.6. The van der Waals surface area contributed by atoms with Gasteiger partial charge in [0.05, 0.1) is 12.9 Å². The molecule has 162 valence electrons. The quantitative estimate of drug-likeness (QED) is 0.283. The summed E-state index contributed by atoms with van der Waals surface area (Å²) in [5, 5.41) is 3.45. The first-order valence-electron chi connectivity index (χ1n) is 10.5. The lowest BCUT2D eigenvalue weighted by Gasteiger charge is -2.34. The van der Waals surface area contributed by atoms with Gasteiger partial charge in [-0.3, -0.25) is 4.99 Å². The summed E-state index contributed by atoms with van der Waals surface area (Å²) in [7, 11) is 3.95. The van der Waals surface area contributed by atoms with E-state index in [1.54, 1.807) is 13.4 Å². The van der Waals surface area contributed by atoms with E-state index in [9.17, 15) is 0 Å². The van der Waals surface area contributed by atoms with Gasteiger partial charge in [0.15, 0.2) is 5.96 Å². The average molecular weight is 506 g/mol. The molecule has 0 unspecified atom stereocenters. The van der Waals surface area contributed by atoms with Gasteiger partial charge in [0.1, 0.15) is 5.76 Å². The summed E-state index contributed by atoms with van der Waals surface area (Å²) >= 11 is 0. The van der Waals surface area contributed by atoms with Gasteiger partial charge in [-0.05, 0) is 64.3 Å². The number of rotatable bonds is 11. The normalized spacial score (nSPS) is 15.7. The van der Waals surface area contributed by atoms with Crippen LogP contribution in [0.4, 0.5) is 0 Å². The summed E-state index contributed by atoms with van der Waals surface area (Å²) in [6.45, 7) is 9.04. The summed E-state index contributed by atoms with van der Waals surface area (Å²) in [5.41, 5.74) is 0. The molecule has 28 heavy (non-hydrogen) atoms. The molecule has 0 radical (unpaired) electrons. The molecule has 2 rings (SSSR count). The van der Waals surface area contributed by atoms with Crippen molar-refractivity contribution in [3.8, 4) is 0 Å². The first kappa shape index (κ1) is 25.2. The average Bonchev–Trinajstić information content (AvgIpc) is 3.20. The third-order valence-corrected chi connectivity index (χ3v) is 5.28. The van der Waals surface area contributed by atoms with E-state index in [1.807, 2.05) is 12.1 Å². The Morgan fingerprint density at radius 2 is 2.14 bits per heavy atom. The summed E-state index contributed by atoms with van der Waals surface area (Å²) in [4.78, 5) is 9.60. The first-order valence-corrected chi connectivity index (χ1v) is 10.5. The van der Waals surface area contributed by atoms with E-state index in [0.29, 0.717) is 0 Å². The standard InChI is InChI=1S/C21H38N4O2.HI/c1-4-22-21(23-12-9-20-8-6-17-27-20)25-14-10-19(11-15-25)7-5-13-24(2)16-18-26-3;/h6,8,17,19H,4-5,7,9-16,18H2,1-3H3,(H,22,23);1H. The zero-order valence-electron chi connectivity index (χ0n) is 17.9. The predicted molar refractivity (Wildman–Crippen MR) is 127 cm³/mol. The molecular formula is C21H39IN4O2. The zero-order valence-corrected chi connectivity index (χ0v) is 20.2.